The van der Waals surface area contributed by atoms with E-state index in [9.17, 15) is 4.79 Å². The van der Waals surface area contributed by atoms with Gasteiger partial charge in [-0.3, -0.25) is 4.79 Å². The minimum absolute atomic E-state index is 0.149. The lowest BCUT2D eigenvalue weighted by molar-refractivity contribution is -0.114. The summed E-state index contributed by atoms with van der Waals surface area (Å²) in [5.41, 5.74) is 5.64. The van der Waals surface area contributed by atoms with Crippen molar-refractivity contribution in [3.05, 3.63) is 24.3 Å². The molecule has 1 amide bonds. The highest BCUT2D eigenvalue weighted by molar-refractivity contribution is 5.91. The summed E-state index contributed by atoms with van der Waals surface area (Å²) < 4.78 is 0. The Morgan fingerprint density at radius 3 is 2.75 bits per heavy atom. The van der Waals surface area contributed by atoms with Crippen molar-refractivity contribution in [1.82, 2.24) is 5.32 Å². The average molecular weight is 168 g/mol. The van der Waals surface area contributed by atoms with Crippen molar-refractivity contribution in [3.63, 3.8) is 0 Å². The number of nitrogens with two attached hydrogens (primary N) is 1. The van der Waals surface area contributed by atoms with E-state index in [-0.39, 0.29) is 11.9 Å². The molecule has 1 unspecified atom stereocenters. The van der Waals surface area contributed by atoms with Crippen molar-refractivity contribution >= 4 is 5.91 Å². The maximum atomic E-state index is 10.6. The first-order valence-corrected chi connectivity index (χ1v) is 3.90. The molecule has 0 heterocycles. The average Bonchev–Trinajstić information content (AvgIpc) is 2.00. The molecule has 0 aliphatic heterocycles. The molecule has 12 heavy (non-hydrogen) atoms. The van der Waals surface area contributed by atoms with Crippen LogP contribution in [0, 0.1) is 0 Å². The molecule has 0 rings (SSSR count). The summed E-state index contributed by atoms with van der Waals surface area (Å²) in [4.78, 5) is 10.6. The summed E-state index contributed by atoms with van der Waals surface area (Å²) in [6.07, 6.45) is 3.57. The monoisotopic (exact) mass is 168 g/mol. The molecule has 0 saturated heterocycles. The number of nitrogens with one attached hydrogen (secondary N) is 1. The van der Waals surface area contributed by atoms with Gasteiger partial charge in [-0.1, -0.05) is 12.2 Å². The van der Waals surface area contributed by atoms with Gasteiger partial charge in [0.1, 0.15) is 0 Å². The molecule has 0 radical (unpaired) electrons. The molecule has 0 aromatic rings. The summed E-state index contributed by atoms with van der Waals surface area (Å²) in [5, 5.41) is 3.12. The number of carbonyl (C=O) groups excluding carboxylic acids is 1. The van der Waals surface area contributed by atoms with Crippen molar-refractivity contribution in [1.29, 1.82) is 0 Å². The lowest BCUT2D eigenvalue weighted by atomic mass is 10.2. The van der Waals surface area contributed by atoms with Crippen LogP contribution in [-0.2, 0) is 4.79 Å². The molecule has 0 fully saturated rings. The highest BCUT2D eigenvalue weighted by atomic mass is 16.1. The second kappa shape index (κ2) is 5.55. The van der Waals surface area contributed by atoms with Crippen LogP contribution in [0.2, 0.25) is 0 Å². The first kappa shape index (κ1) is 10.9. The molecule has 0 saturated carbocycles. The van der Waals surface area contributed by atoms with Crippen LogP contribution in [0.4, 0.5) is 0 Å². The number of hydrogen-bond acceptors (Lipinski definition) is 2. The fraction of sp³-hybridized carbons (Fsp3) is 0.444. The lowest BCUT2D eigenvalue weighted by Crippen LogP contribution is -2.25. The first-order valence-electron chi connectivity index (χ1n) is 3.90. The lowest BCUT2D eigenvalue weighted by Gasteiger charge is -2.07. The Morgan fingerprint density at radius 1 is 1.75 bits per heavy atom. The predicted molar refractivity (Wildman–Crippen MR) is 50.6 cm³/mol. The fourth-order valence-corrected chi connectivity index (χ4v) is 0.785. The van der Waals surface area contributed by atoms with Gasteiger partial charge < -0.3 is 11.1 Å². The normalized spacial score (nSPS) is 14.0. The molecule has 3 heteroatoms. The highest BCUT2D eigenvalue weighted by Gasteiger charge is 2.00. The van der Waals surface area contributed by atoms with E-state index in [2.05, 4.69) is 11.9 Å². The zero-order valence-corrected chi connectivity index (χ0v) is 7.63. The van der Waals surface area contributed by atoms with Crippen LogP contribution >= 0.6 is 0 Å². The molecule has 0 bridgehead atoms. The maximum Gasteiger partial charge on any atom is 0.244 e. The van der Waals surface area contributed by atoms with Crippen LogP contribution in [0.3, 0.4) is 0 Å². The van der Waals surface area contributed by atoms with Crippen LogP contribution in [-0.4, -0.2) is 18.5 Å². The van der Waals surface area contributed by atoms with Gasteiger partial charge in [-0.05, 0) is 13.8 Å². The Labute approximate surface area is 73.3 Å². The molecule has 0 aliphatic carbocycles. The summed E-state index contributed by atoms with van der Waals surface area (Å²) in [5.74, 6) is -0.373. The van der Waals surface area contributed by atoms with Crippen LogP contribution in [0.15, 0.2) is 24.3 Å². The van der Waals surface area contributed by atoms with E-state index in [1.54, 1.807) is 19.1 Å². The SMILES string of the molecule is C=CCNC(C)C=C(C)C(N)=O. The van der Waals surface area contributed by atoms with Crippen molar-refractivity contribution in [2.45, 2.75) is 19.9 Å². The quantitative estimate of drug-likeness (QED) is 0.466. The minimum atomic E-state index is -0.373. The number of carbonyl (C=O) groups is 1. The van der Waals surface area contributed by atoms with Gasteiger partial charge in [0.25, 0.3) is 0 Å². The Hall–Kier alpha value is -1.09. The second-order valence-corrected chi connectivity index (χ2v) is 2.70. The van der Waals surface area contributed by atoms with Gasteiger partial charge in [0.05, 0.1) is 0 Å². The van der Waals surface area contributed by atoms with Gasteiger partial charge in [0.15, 0.2) is 0 Å². The van der Waals surface area contributed by atoms with Crippen LogP contribution in [0.1, 0.15) is 13.8 Å². The fourth-order valence-electron chi connectivity index (χ4n) is 0.785. The smallest absolute Gasteiger partial charge is 0.244 e. The first-order chi connectivity index (χ1) is 5.57. The van der Waals surface area contributed by atoms with Gasteiger partial charge in [-0.15, -0.1) is 6.58 Å². The van der Waals surface area contributed by atoms with Gasteiger partial charge in [-0.25, -0.2) is 0 Å². The summed E-state index contributed by atoms with van der Waals surface area (Å²) in [6.45, 7) is 7.96. The Morgan fingerprint density at radius 2 is 2.33 bits per heavy atom. The molecule has 0 spiro atoms. The Kier molecular flexibility index (Phi) is 5.04. The molecular formula is C9H16N2O. The topological polar surface area (TPSA) is 55.1 Å². The van der Waals surface area contributed by atoms with E-state index in [0.29, 0.717) is 5.57 Å². The highest BCUT2D eigenvalue weighted by Crippen LogP contribution is 1.94. The molecule has 0 aromatic heterocycles. The van der Waals surface area contributed by atoms with Crippen LogP contribution in [0.5, 0.6) is 0 Å². The third kappa shape index (κ3) is 4.68. The van der Waals surface area contributed by atoms with Crippen molar-refractivity contribution in [2.75, 3.05) is 6.54 Å². The molecular weight excluding hydrogens is 152 g/mol. The number of hydrogen-bond donors (Lipinski definition) is 2. The predicted octanol–water partition coefficient (Wildman–Crippen LogP) is 0.582. The van der Waals surface area contributed by atoms with E-state index in [1.807, 2.05) is 6.92 Å². The second-order valence-electron chi connectivity index (χ2n) is 2.70. The minimum Gasteiger partial charge on any atom is -0.366 e. The summed E-state index contributed by atoms with van der Waals surface area (Å²) >= 11 is 0. The molecule has 68 valence electrons. The van der Waals surface area contributed by atoms with Crippen molar-refractivity contribution in [3.8, 4) is 0 Å². The van der Waals surface area contributed by atoms with Crippen molar-refractivity contribution in [2.24, 2.45) is 5.73 Å². The van der Waals surface area contributed by atoms with E-state index < -0.39 is 0 Å². The molecule has 3 nitrogen and oxygen atoms in total. The summed E-state index contributed by atoms with van der Waals surface area (Å²) in [6, 6.07) is 0.149. The zero-order valence-electron chi connectivity index (χ0n) is 7.63. The molecule has 3 N–H and O–H groups in total. The standard InChI is InChI=1S/C9H16N2O/c1-4-5-11-8(3)6-7(2)9(10)12/h4,6,8,11H,1,5H2,2-3H3,(H2,10,12). The van der Waals surface area contributed by atoms with Gasteiger partial charge in [-0.2, -0.15) is 0 Å². The van der Waals surface area contributed by atoms with Crippen LogP contribution in [0.25, 0.3) is 0 Å². The van der Waals surface area contributed by atoms with E-state index in [4.69, 9.17) is 5.73 Å². The number of primary amides is 1. The number of rotatable bonds is 5. The molecule has 1 atom stereocenters. The number of amides is 1. The van der Waals surface area contributed by atoms with Gasteiger partial charge >= 0.3 is 0 Å². The maximum absolute atomic E-state index is 10.6. The third-order valence-electron chi connectivity index (χ3n) is 1.47. The van der Waals surface area contributed by atoms with E-state index in [1.165, 1.54) is 0 Å². The van der Waals surface area contributed by atoms with Crippen molar-refractivity contribution < 1.29 is 4.79 Å². The largest absolute Gasteiger partial charge is 0.366 e. The van der Waals surface area contributed by atoms with Gasteiger partial charge in [0.2, 0.25) is 5.91 Å². The van der Waals surface area contributed by atoms with Gasteiger partial charge in [0, 0.05) is 18.2 Å². The summed E-state index contributed by atoms with van der Waals surface area (Å²) in [7, 11) is 0. The zero-order chi connectivity index (χ0) is 9.56. The Balaban J connectivity index is 3.95. The Bertz CT molecular complexity index is 197. The third-order valence-corrected chi connectivity index (χ3v) is 1.47. The molecule has 0 aliphatic rings. The van der Waals surface area contributed by atoms with E-state index in [0.717, 1.165) is 6.54 Å². The molecule has 0 aromatic carbocycles. The van der Waals surface area contributed by atoms with Crippen LogP contribution < -0.4 is 11.1 Å². The van der Waals surface area contributed by atoms with E-state index >= 15 is 0 Å².